The summed E-state index contributed by atoms with van der Waals surface area (Å²) in [5.41, 5.74) is 0.584. The van der Waals surface area contributed by atoms with Crippen LogP contribution >= 0.6 is 11.6 Å². The smallest absolute Gasteiger partial charge is 0.207 e. The molecule has 1 aromatic rings. The Labute approximate surface area is 125 Å². The molecule has 0 saturated heterocycles. The number of alkyl halides is 1. The molecule has 1 unspecified atom stereocenters. The summed E-state index contributed by atoms with van der Waals surface area (Å²) in [5, 5.41) is 0. The molecule has 6 heteroatoms. The van der Waals surface area contributed by atoms with Crippen LogP contribution in [0.2, 0.25) is 0 Å². The van der Waals surface area contributed by atoms with Gasteiger partial charge in [-0.05, 0) is 37.5 Å². The maximum absolute atomic E-state index is 13.8. The lowest BCUT2D eigenvalue weighted by atomic mass is 10.1. The second-order valence-electron chi connectivity index (χ2n) is 5.34. The molecule has 0 saturated carbocycles. The molecule has 1 rings (SSSR count). The molecule has 0 fully saturated rings. The predicted molar refractivity (Wildman–Crippen MR) is 79.9 cm³/mol. The van der Waals surface area contributed by atoms with Gasteiger partial charge in [-0.2, -0.15) is 4.31 Å². The van der Waals surface area contributed by atoms with Crippen LogP contribution in [0.3, 0.4) is 0 Å². The van der Waals surface area contributed by atoms with Crippen LogP contribution in [0, 0.1) is 18.7 Å². The zero-order valence-corrected chi connectivity index (χ0v) is 14.0. The van der Waals surface area contributed by atoms with Crippen LogP contribution < -0.4 is 0 Å². The molecule has 0 radical (unpaired) electrons. The van der Waals surface area contributed by atoms with Crippen molar-refractivity contribution in [2.75, 3.05) is 7.05 Å². The monoisotopic (exact) mass is 321 g/mol. The SMILES string of the molecule is Cc1c(F)cc(CCl)cc1S(=O)(=O)N(C)C(C)C(C)C. The summed E-state index contributed by atoms with van der Waals surface area (Å²) in [7, 11) is -2.22. The van der Waals surface area contributed by atoms with E-state index in [9.17, 15) is 12.8 Å². The summed E-state index contributed by atoms with van der Waals surface area (Å²) in [5.74, 6) is -0.313. The molecule has 0 N–H and O–H groups in total. The van der Waals surface area contributed by atoms with E-state index < -0.39 is 15.8 Å². The van der Waals surface area contributed by atoms with Crippen LogP contribution in [0.4, 0.5) is 4.39 Å². The van der Waals surface area contributed by atoms with Gasteiger partial charge in [0.15, 0.2) is 0 Å². The third-order valence-electron chi connectivity index (χ3n) is 3.71. The maximum atomic E-state index is 13.8. The van der Waals surface area contributed by atoms with Crippen LogP contribution in [-0.2, 0) is 15.9 Å². The van der Waals surface area contributed by atoms with Crippen molar-refractivity contribution >= 4 is 21.6 Å². The summed E-state index contributed by atoms with van der Waals surface area (Å²) in [6.45, 7) is 7.19. The molecule has 0 aliphatic heterocycles. The van der Waals surface area contributed by atoms with Gasteiger partial charge in [0.2, 0.25) is 10.0 Å². The van der Waals surface area contributed by atoms with Crippen molar-refractivity contribution in [1.82, 2.24) is 4.31 Å². The normalized spacial score (nSPS) is 14.1. The molecule has 0 aliphatic rings. The average Bonchev–Trinajstić information content (AvgIpc) is 2.39. The number of hydrogen-bond donors (Lipinski definition) is 0. The number of benzene rings is 1. The minimum absolute atomic E-state index is 0.0110. The van der Waals surface area contributed by atoms with Crippen LogP contribution in [0.1, 0.15) is 31.9 Å². The zero-order valence-electron chi connectivity index (χ0n) is 12.4. The third kappa shape index (κ3) is 3.32. The highest BCUT2D eigenvalue weighted by Gasteiger charge is 2.29. The van der Waals surface area contributed by atoms with Gasteiger partial charge in [0, 0.05) is 24.5 Å². The van der Waals surface area contributed by atoms with Gasteiger partial charge in [-0.15, -0.1) is 11.6 Å². The fraction of sp³-hybridized carbons (Fsp3) is 0.571. The summed E-state index contributed by atoms with van der Waals surface area (Å²) >= 11 is 5.69. The highest BCUT2D eigenvalue weighted by atomic mass is 35.5. The molecular formula is C14H21ClFNO2S. The Balaban J connectivity index is 3.39. The lowest BCUT2D eigenvalue weighted by Crippen LogP contribution is -2.38. The van der Waals surface area contributed by atoms with Gasteiger partial charge in [0.25, 0.3) is 0 Å². The van der Waals surface area contributed by atoms with E-state index in [2.05, 4.69) is 0 Å². The van der Waals surface area contributed by atoms with Crippen molar-refractivity contribution in [3.8, 4) is 0 Å². The van der Waals surface area contributed by atoms with E-state index >= 15 is 0 Å². The van der Waals surface area contributed by atoms with Gasteiger partial charge < -0.3 is 0 Å². The Bertz CT molecular complexity index is 587. The molecule has 114 valence electrons. The van der Waals surface area contributed by atoms with Crippen LogP contribution in [0.5, 0.6) is 0 Å². The molecule has 3 nitrogen and oxygen atoms in total. The van der Waals surface area contributed by atoms with E-state index in [1.165, 1.54) is 30.4 Å². The molecule has 0 bridgehead atoms. The molecule has 1 aromatic carbocycles. The Kier molecular flexibility index (Phi) is 5.58. The Hall–Kier alpha value is -0.650. The van der Waals surface area contributed by atoms with Gasteiger partial charge >= 0.3 is 0 Å². The van der Waals surface area contributed by atoms with E-state index in [-0.39, 0.29) is 28.3 Å². The Morgan fingerprint density at radius 1 is 1.30 bits per heavy atom. The summed E-state index contributed by atoms with van der Waals surface area (Å²) < 4.78 is 40.4. The minimum Gasteiger partial charge on any atom is -0.207 e. The predicted octanol–water partition coefficient (Wildman–Crippen LogP) is 3.54. The molecule has 0 heterocycles. The average molecular weight is 322 g/mol. The van der Waals surface area contributed by atoms with E-state index in [1.54, 1.807) is 0 Å². The van der Waals surface area contributed by atoms with Gasteiger partial charge in [0.05, 0.1) is 4.90 Å². The van der Waals surface area contributed by atoms with E-state index in [1.807, 2.05) is 20.8 Å². The third-order valence-corrected chi connectivity index (χ3v) is 6.09. The Morgan fingerprint density at radius 3 is 2.30 bits per heavy atom. The lowest BCUT2D eigenvalue weighted by Gasteiger charge is -2.28. The fourth-order valence-corrected chi connectivity index (χ4v) is 3.78. The van der Waals surface area contributed by atoms with Crippen molar-refractivity contribution in [3.63, 3.8) is 0 Å². The molecule has 0 spiro atoms. The van der Waals surface area contributed by atoms with E-state index in [0.29, 0.717) is 5.56 Å². The highest BCUT2D eigenvalue weighted by molar-refractivity contribution is 7.89. The lowest BCUT2D eigenvalue weighted by molar-refractivity contribution is 0.315. The van der Waals surface area contributed by atoms with Crippen LogP contribution in [0.25, 0.3) is 0 Å². The van der Waals surface area contributed by atoms with Crippen LogP contribution in [-0.4, -0.2) is 25.8 Å². The van der Waals surface area contributed by atoms with Gasteiger partial charge in [-0.25, -0.2) is 12.8 Å². The first kappa shape index (κ1) is 17.4. The second kappa shape index (κ2) is 6.41. The minimum atomic E-state index is -3.73. The topological polar surface area (TPSA) is 37.4 Å². The fourth-order valence-electron chi connectivity index (χ4n) is 1.85. The largest absolute Gasteiger partial charge is 0.243 e. The van der Waals surface area contributed by atoms with Crippen LogP contribution in [0.15, 0.2) is 17.0 Å². The standard InChI is InChI=1S/C14H21ClFNO2S/c1-9(2)11(4)17(5)20(18,19)14-7-12(8-15)6-13(16)10(14)3/h6-7,9,11H,8H2,1-5H3. The van der Waals surface area contributed by atoms with Crippen molar-refractivity contribution in [3.05, 3.63) is 29.1 Å². The Morgan fingerprint density at radius 2 is 1.85 bits per heavy atom. The second-order valence-corrected chi connectivity index (χ2v) is 7.57. The summed E-state index contributed by atoms with van der Waals surface area (Å²) in [6, 6.07) is 2.54. The molecule has 0 aromatic heterocycles. The first-order valence-corrected chi connectivity index (χ1v) is 8.43. The van der Waals surface area contributed by atoms with Crippen molar-refractivity contribution in [1.29, 1.82) is 0 Å². The first-order valence-electron chi connectivity index (χ1n) is 6.46. The van der Waals surface area contributed by atoms with E-state index in [0.717, 1.165) is 0 Å². The number of hydrogen-bond acceptors (Lipinski definition) is 2. The van der Waals surface area contributed by atoms with Crippen molar-refractivity contribution in [2.24, 2.45) is 5.92 Å². The van der Waals surface area contributed by atoms with E-state index in [4.69, 9.17) is 11.6 Å². The molecule has 0 amide bonds. The first-order chi connectivity index (χ1) is 9.12. The molecule has 1 atom stereocenters. The number of nitrogens with zero attached hydrogens (tertiary/aromatic N) is 1. The van der Waals surface area contributed by atoms with Crippen molar-refractivity contribution in [2.45, 2.75) is 44.5 Å². The maximum Gasteiger partial charge on any atom is 0.243 e. The molecule has 20 heavy (non-hydrogen) atoms. The van der Waals surface area contributed by atoms with Crippen molar-refractivity contribution < 1.29 is 12.8 Å². The number of halogens is 2. The number of sulfonamides is 1. The number of rotatable bonds is 5. The molecule has 0 aliphatic carbocycles. The summed E-state index contributed by atoms with van der Waals surface area (Å²) in [4.78, 5) is -0.0110. The zero-order chi connectivity index (χ0) is 15.7. The van der Waals surface area contributed by atoms with Gasteiger partial charge in [0.1, 0.15) is 5.82 Å². The van der Waals surface area contributed by atoms with Gasteiger partial charge in [-0.1, -0.05) is 13.8 Å². The molecular weight excluding hydrogens is 301 g/mol. The highest BCUT2D eigenvalue weighted by Crippen LogP contribution is 2.26. The summed E-state index contributed by atoms with van der Waals surface area (Å²) in [6.07, 6.45) is 0. The van der Waals surface area contributed by atoms with Gasteiger partial charge in [-0.3, -0.25) is 0 Å². The quantitative estimate of drug-likeness (QED) is 0.778.